The van der Waals surface area contributed by atoms with Gasteiger partial charge in [-0.05, 0) is 30.1 Å². The van der Waals surface area contributed by atoms with Crippen LogP contribution >= 0.6 is 11.8 Å². The number of carbonyl (C=O) groups is 1. The number of ketones is 1. The van der Waals surface area contributed by atoms with E-state index in [1.54, 1.807) is 0 Å². The van der Waals surface area contributed by atoms with Crippen LogP contribution in [0.1, 0.15) is 48.8 Å². The molecule has 2 nitrogen and oxygen atoms in total. The molecule has 0 saturated carbocycles. The van der Waals surface area contributed by atoms with Crippen LogP contribution in [-0.4, -0.2) is 21.9 Å². The molecule has 1 fully saturated rings. The molecule has 1 aliphatic carbocycles. The Hall–Kier alpha value is -0.700. The molecule has 2 heterocycles. The Labute approximate surface area is 107 Å². The smallest absolute Gasteiger partial charge is 0.165 e. The third-order valence-electron chi connectivity index (χ3n) is 3.91. The quantitative estimate of drug-likeness (QED) is 0.761. The average Bonchev–Trinajstić information content (AvgIpc) is 2.82. The van der Waals surface area contributed by atoms with Crippen LogP contribution < -0.4 is 0 Å². The number of fused-ring (bicyclic) bond motifs is 1. The van der Waals surface area contributed by atoms with Crippen LogP contribution in [0.5, 0.6) is 0 Å². The highest BCUT2D eigenvalue weighted by Gasteiger charge is 2.34. The first-order valence-corrected chi connectivity index (χ1v) is 7.53. The van der Waals surface area contributed by atoms with E-state index in [0.717, 1.165) is 12.0 Å². The molecule has 1 unspecified atom stereocenters. The number of hydrogen-bond donors (Lipinski definition) is 0. The number of rotatable bonds is 1. The minimum atomic E-state index is 0.131. The molecule has 1 atom stereocenters. The standard InChI is InChI=1S/C14H19NOS/c1-14(2)7-12-11(13(16)8-14)3-5-15(12)10-4-6-17-9-10/h3,5,10H,4,6-9H2,1-2H3. The summed E-state index contributed by atoms with van der Waals surface area (Å²) >= 11 is 2.03. The summed E-state index contributed by atoms with van der Waals surface area (Å²) in [5, 5.41) is 0. The van der Waals surface area contributed by atoms with Crippen LogP contribution in [0.25, 0.3) is 0 Å². The van der Waals surface area contributed by atoms with E-state index in [-0.39, 0.29) is 5.41 Å². The van der Waals surface area contributed by atoms with Crippen molar-refractivity contribution in [2.75, 3.05) is 11.5 Å². The highest BCUT2D eigenvalue weighted by molar-refractivity contribution is 7.99. The van der Waals surface area contributed by atoms with Gasteiger partial charge in [0.25, 0.3) is 0 Å². The molecular weight excluding hydrogens is 230 g/mol. The maximum Gasteiger partial charge on any atom is 0.165 e. The summed E-state index contributed by atoms with van der Waals surface area (Å²) in [7, 11) is 0. The Balaban J connectivity index is 2.01. The zero-order valence-electron chi connectivity index (χ0n) is 10.5. The number of thioether (sulfide) groups is 1. The highest BCUT2D eigenvalue weighted by Crippen LogP contribution is 2.38. The van der Waals surface area contributed by atoms with Crippen LogP contribution in [0.2, 0.25) is 0 Å². The van der Waals surface area contributed by atoms with Gasteiger partial charge < -0.3 is 4.57 Å². The number of nitrogens with zero attached hydrogens (tertiary/aromatic N) is 1. The van der Waals surface area contributed by atoms with Crippen LogP contribution in [0.15, 0.2) is 12.3 Å². The van der Waals surface area contributed by atoms with Gasteiger partial charge >= 0.3 is 0 Å². The lowest BCUT2D eigenvalue weighted by Crippen LogP contribution is -2.28. The van der Waals surface area contributed by atoms with Gasteiger partial charge in [0.1, 0.15) is 0 Å². The first-order chi connectivity index (χ1) is 8.07. The van der Waals surface area contributed by atoms with Gasteiger partial charge in [-0.2, -0.15) is 11.8 Å². The fourth-order valence-corrected chi connectivity index (χ4v) is 4.25. The van der Waals surface area contributed by atoms with Crippen molar-refractivity contribution in [3.05, 3.63) is 23.5 Å². The molecule has 0 bridgehead atoms. The largest absolute Gasteiger partial charge is 0.347 e. The molecule has 3 heteroatoms. The number of carbonyl (C=O) groups excluding carboxylic acids is 1. The lowest BCUT2D eigenvalue weighted by Gasteiger charge is -2.30. The summed E-state index contributed by atoms with van der Waals surface area (Å²) in [5.41, 5.74) is 2.41. The second-order valence-electron chi connectivity index (χ2n) is 6.04. The van der Waals surface area contributed by atoms with Crippen molar-refractivity contribution >= 4 is 17.5 Å². The topological polar surface area (TPSA) is 22.0 Å². The molecular formula is C14H19NOS. The summed E-state index contributed by atoms with van der Waals surface area (Å²) in [6.07, 6.45) is 5.13. The Kier molecular flexibility index (Phi) is 2.62. The van der Waals surface area contributed by atoms with E-state index in [1.165, 1.54) is 23.6 Å². The fourth-order valence-electron chi connectivity index (χ4n) is 3.05. The molecule has 17 heavy (non-hydrogen) atoms. The molecule has 0 amide bonds. The number of aromatic nitrogens is 1. The average molecular weight is 249 g/mol. The van der Waals surface area contributed by atoms with E-state index in [4.69, 9.17) is 0 Å². The van der Waals surface area contributed by atoms with E-state index in [2.05, 4.69) is 24.6 Å². The number of Topliss-reactive ketones (excluding diaryl/α,β-unsaturated/α-hetero) is 1. The lowest BCUT2D eigenvalue weighted by molar-refractivity contribution is 0.0909. The molecule has 0 aromatic carbocycles. The molecule has 3 rings (SSSR count). The maximum atomic E-state index is 12.1. The van der Waals surface area contributed by atoms with Gasteiger partial charge in [-0.15, -0.1) is 0 Å². The van der Waals surface area contributed by atoms with Crippen LogP contribution in [0.4, 0.5) is 0 Å². The van der Waals surface area contributed by atoms with E-state index in [0.29, 0.717) is 18.2 Å². The third kappa shape index (κ3) is 1.95. The minimum Gasteiger partial charge on any atom is -0.347 e. The van der Waals surface area contributed by atoms with Crippen molar-refractivity contribution in [2.24, 2.45) is 5.41 Å². The molecule has 0 radical (unpaired) electrons. The maximum absolute atomic E-state index is 12.1. The number of hydrogen-bond acceptors (Lipinski definition) is 2. The Bertz CT molecular complexity index is 455. The van der Waals surface area contributed by atoms with Crippen LogP contribution in [0, 0.1) is 5.41 Å². The summed E-state index contributed by atoms with van der Waals surface area (Å²) in [6.45, 7) is 4.41. The highest BCUT2D eigenvalue weighted by atomic mass is 32.2. The normalized spacial score (nSPS) is 27.2. The van der Waals surface area contributed by atoms with Gasteiger partial charge in [0.2, 0.25) is 0 Å². The van der Waals surface area contributed by atoms with Gasteiger partial charge in [0.15, 0.2) is 5.78 Å². The van der Waals surface area contributed by atoms with E-state index in [9.17, 15) is 4.79 Å². The first kappa shape index (κ1) is 11.4. The van der Waals surface area contributed by atoms with Crippen molar-refractivity contribution < 1.29 is 4.79 Å². The Morgan fingerprint density at radius 1 is 1.41 bits per heavy atom. The van der Waals surface area contributed by atoms with Crippen molar-refractivity contribution in [3.63, 3.8) is 0 Å². The molecule has 1 aromatic rings. The predicted octanol–water partition coefficient (Wildman–Crippen LogP) is 3.32. The van der Waals surface area contributed by atoms with E-state index < -0.39 is 0 Å². The van der Waals surface area contributed by atoms with Crippen LogP contribution in [0.3, 0.4) is 0 Å². The van der Waals surface area contributed by atoms with Crippen molar-refractivity contribution in [1.29, 1.82) is 0 Å². The second kappa shape index (κ2) is 3.91. The van der Waals surface area contributed by atoms with E-state index in [1.807, 2.05) is 17.8 Å². The van der Waals surface area contributed by atoms with E-state index >= 15 is 0 Å². The SMILES string of the molecule is CC1(C)CC(=O)c2ccn(C3CCSC3)c2C1. The zero-order valence-corrected chi connectivity index (χ0v) is 11.3. The first-order valence-electron chi connectivity index (χ1n) is 6.37. The van der Waals surface area contributed by atoms with Crippen molar-refractivity contribution in [1.82, 2.24) is 4.57 Å². The van der Waals surface area contributed by atoms with Gasteiger partial charge in [-0.3, -0.25) is 4.79 Å². The minimum absolute atomic E-state index is 0.131. The Morgan fingerprint density at radius 3 is 2.94 bits per heavy atom. The van der Waals surface area contributed by atoms with Gasteiger partial charge in [-0.25, -0.2) is 0 Å². The van der Waals surface area contributed by atoms with Crippen molar-refractivity contribution in [3.8, 4) is 0 Å². The predicted molar refractivity (Wildman–Crippen MR) is 71.8 cm³/mol. The third-order valence-corrected chi connectivity index (χ3v) is 5.05. The van der Waals surface area contributed by atoms with Crippen molar-refractivity contribution in [2.45, 2.75) is 39.2 Å². The molecule has 1 aromatic heterocycles. The summed E-state index contributed by atoms with van der Waals surface area (Å²) < 4.78 is 2.38. The van der Waals surface area contributed by atoms with Gasteiger partial charge in [0.05, 0.1) is 0 Å². The molecule has 2 aliphatic rings. The Morgan fingerprint density at radius 2 is 2.24 bits per heavy atom. The zero-order chi connectivity index (χ0) is 12.0. The molecule has 0 N–H and O–H groups in total. The molecule has 1 saturated heterocycles. The van der Waals surface area contributed by atoms with Crippen LogP contribution in [-0.2, 0) is 6.42 Å². The molecule has 92 valence electrons. The summed E-state index contributed by atoms with van der Waals surface area (Å²) in [6, 6.07) is 2.65. The van der Waals surface area contributed by atoms with Gasteiger partial charge in [0, 0.05) is 35.7 Å². The fraction of sp³-hybridized carbons (Fsp3) is 0.643. The van der Waals surface area contributed by atoms with Gasteiger partial charge in [-0.1, -0.05) is 13.8 Å². The summed E-state index contributed by atoms with van der Waals surface area (Å²) in [5.74, 6) is 2.80. The lowest BCUT2D eigenvalue weighted by atomic mass is 9.76. The molecule has 1 aliphatic heterocycles. The molecule has 0 spiro atoms. The summed E-state index contributed by atoms with van der Waals surface area (Å²) in [4.78, 5) is 12.1. The second-order valence-corrected chi connectivity index (χ2v) is 7.19. The monoisotopic (exact) mass is 249 g/mol.